The number of guanidine groups is 1. The topological polar surface area (TPSA) is 66.8 Å². The van der Waals surface area contributed by atoms with Crippen molar-refractivity contribution < 1.29 is 9.14 Å². The lowest BCUT2D eigenvalue weighted by Gasteiger charge is -2.46. The first-order valence-electron chi connectivity index (χ1n) is 26.9. The molecule has 0 aliphatic carbocycles. The Kier molecular flexibility index (Phi) is 20.2. The molecule has 0 unspecified atom stereocenters. The van der Waals surface area contributed by atoms with E-state index in [9.17, 15) is 0 Å². The second-order valence-corrected chi connectivity index (χ2v) is 30.4. The standard InChI is InChI=1S/C15H30N3.C13H21N.2C11H20N2.C11H21N2/c1-14(2,3)17-11-7-9-16-10-8-12-18(13(16)17)15(4,5)6;1-12(2,3)10-7-11(9-14-8-10)13(4,5)6;1-10(2,3)9-7-13(8-12-9)11(4,5)6;1-10(2,3)9-7-12-13(8-9)11(4,5)6;1-10(2,3)12-7-8-13(9-12)11(4,5)6/h7-12H2,1-6H3;7-9H,1-6H3;2*7-8H,1-6H3;7-9H,1-6H3/q+1;;;;+1. The lowest BCUT2D eigenvalue weighted by Crippen LogP contribution is -2.65. The van der Waals surface area contributed by atoms with Gasteiger partial charge in [0, 0.05) is 48.6 Å². The summed E-state index contributed by atoms with van der Waals surface area (Å²) in [5, 5.41) is 4.37. The van der Waals surface area contributed by atoms with E-state index in [1.165, 1.54) is 61.7 Å². The molecule has 0 saturated carbocycles. The summed E-state index contributed by atoms with van der Waals surface area (Å²) in [4.78, 5) is 14.0. The molecule has 10 heteroatoms. The summed E-state index contributed by atoms with van der Waals surface area (Å²) in [6.45, 7) is 71.6. The van der Waals surface area contributed by atoms with Crippen molar-refractivity contribution in [2.45, 2.75) is 275 Å². The fourth-order valence-electron chi connectivity index (χ4n) is 7.67. The molecule has 0 fully saturated rings. The van der Waals surface area contributed by atoms with Gasteiger partial charge in [-0.1, -0.05) is 89.2 Å². The lowest BCUT2D eigenvalue weighted by molar-refractivity contribution is -0.753. The maximum absolute atomic E-state index is 4.42. The summed E-state index contributed by atoms with van der Waals surface area (Å²) in [5.74, 6) is 1.48. The minimum Gasteiger partial charge on any atom is -0.332 e. The third-order valence-electron chi connectivity index (χ3n) is 12.9. The molecule has 6 heterocycles. The van der Waals surface area contributed by atoms with E-state index in [1.54, 1.807) is 0 Å². The number of hydrogen-bond acceptors (Lipinski definition) is 5. The molecule has 0 saturated heterocycles. The number of nitrogens with zero attached hydrogens (tertiary/aromatic N) is 10. The molecule has 0 aromatic carbocycles. The molecule has 71 heavy (non-hydrogen) atoms. The summed E-state index contributed by atoms with van der Waals surface area (Å²) < 4.78 is 11.3. The predicted octanol–water partition coefficient (Wildman–Crippen LogP) is 14.2. The van der Waals surface area contributed by atoms with Crippen molar-refractivity contribution in [3.63, 3.8) is 0 Å². The molecule has 0 spiro atoms. The Balaban J connectivity index is 0.000000306. The average Bonchev–Trinajstić information content (AvgIpc) is 3.98. The fraction of sp³-hybridized carbons (Fsp3) is 0.754. The van der Waals surface area contributed by atoms with Crippen molar-refractivity contribution in [2.24, 2.45) is 0 Å². The summed E-state index contributed by atoms with van der Waals surface area (Å²) in [6, 6.07) is 2.27. The maximum atomic E-state index is 4.42. The first-order valence-corrected chi connectivity index (χ1v) is 26.9. The molecule has 4 aromatic heterocycles. The third-order valence-corrected chi connectivity index (χ3v) is 12.9. The van der Waals surface area contributed by atoms with Crippen LogP contribution in [0, 0.1) is 0 Å². The molecule has 0 radical (unpaired) electrons. The number of pyridine rings is 1. The molecule has 0 amide bonds. The van der Waals surface area contributed by atoms with Gasteiger partial charge in [-0.3, -0.25) is 24.0 Å². The largest absolute Gasteiger partial charge is 0.351 e. The average molecular weight is 986 g/mol. The van der Waals surface area contributed by atoms with Gasteiger partial charge in [0.2, 0.25) is 6.33 Å². The van der Waals surface area contributed by atoms with Crippen LogP contribution in [0.5, 0.6) is 0 Å². The van der Waals surface area contributed by atoms with Crippen LogP contribution in [0.2, 0.25) is 0 Å². The lowest BCUT2D eigenvalue weighted by atomic mass is 9.82. The van der Waals surface area contributed by atoms with E-state index in [0.717, 1.165) is 5.69 Å². The van der Waals surface area contributed by atoms with Crippen LogP contribution in [0.3, 0.4) is 0 Å². The van der Waals surface area contributed by atoms with Crippen LogP contribution < -0.4 is 4.57 Å². The highest BCUT2D eigenvalue weighted by Gasteiger charge is 2.44. The zero-order valence-corrected chi connectivity index (χ0v) is 52.0. The molecule has 0 atom stereocenters. The molecule has 6 rings (SSSR count). The zero-order chi connectivity index (χ0) is 55.4. The fourth-order valence-corrected chi connectivity index (χ4v) is 7.67. The number of imidazole rings is 2. The smallest absolute Gasteiger partial charge is 0.332 e. The second kappa shape index (κ2) is 22.7. The first kappa shape index (κ1) is 63.2. The van der Waals surface area contributed by atoms with Gasteiger partial charge in [-0.05, 0) is 158 Å². The van der Waals surface area contributed by atoms with Crippen LogP contribution in [0.25, 0.3) is 0 Å². The summed E-state index contributed by atoms with van der Waals surface area (Å²) >= 11 is 0. The van der Waals surface area contributed by atoms with E-state index >= 15 is 0 Å². The molecule has 10 nitrogen and oxygen atoms in total. The molecule has 0 N–H and O–H groups in total. The highest BCUT2D eigenvalue weighted by Crippen LogP contribution is 2.29. The van der Waals surface area contributed by atoms with Crippen molar-refractivity contribution in [1.82, 2.24) is 38.7 Å². The van der Waals surface area contributed by atoms with Crippen molar-refractivity contribution in [3.05, 3.63) is 84.5 Å². The summed E-state index contributed by atoms with van der Waals surface area (Å²) in [5.41, 5.74) is 6.80. The van der Waals surface area contributed by atoms with Gasteiger partial charge < -0.3 is 4.57 Å². The first-order chi connectivity index (χ1) is 31.6. The van der Waals surface area contributed by atoms with E-state index in [2.05, 4.69) is 288 Å². The van der Waals surface area contributed by atoms with E-state index < -0.39 is 0 Å². The van der Waals surface area contributed by atoms with Gasteiger partial charge in [-0.15, -0.1) is 0 Å². The SMILES string of the molecule is CC(C)(C)N1CCC[N+]2=C1N(C(C)(C)C)CCC2.CC(C)(C)c1cn(C(C)(C)C)cn1.CC(C)(C)c1cncc(C(C)(C)C)c1.CC(C)(C)c1cnn(C(C)(C)C)c1.CC(C)(C)n1cc[n+](C(C)(C)C)c1. The van der Waals surface area contributed by atoms with Gasteiger partial charge in [-0.25, -0.2) is 14.1 Å². The van der Waals surface area contributed by atoms with Gasteiger partial charge >= 0.3 is 5.96 Å². The Morgan fingerprint density at radius 1 is 0.465 bits per heavy atom. The van der Waals surface area contributed by atoms with Crippen molar-refractivity contribution in [3.8, 4) is 0 Å². The van der Waals surface area contributed by atoms with Gasteiger partial charge in [0.05, 0.1) is 61.0 Å². The second-order valence-electron chi connectivity index (χ2n) is 30.4. The maximum Gasteiger partial charge on any atom is 0.351 e. The predicted molar refractivity (Wildman–Crippen MR) is 305 cm³/mol. The van der Waals surface area contributed by atoms with E-state index in [4.69, 9.17) is 0 Å². The van der Waals surface area contributed by atoms with Gasteiger partial charge in [-0.2, -0.15) is 5.10 Å². The minimum atomic E-state index is 0.0868. The van der Waals surface area contributed by atoms with Crippen molar-refractivity contribution in [2.75, 3.05) is 26.2 Å². The van der Waals surface area contributed by atoms with E-state index in [0.29, 0.717) is 0 Å². The molecule has 404 valence electrons. The molecular formula is C61H112N10+2. The van der Waals surface area contributed by atoms with Crippen molar-refractivity contribution >= 4 is 5.96 Å². The number of aromatic nitrogens is 7. The Morgan fingerprint density at radius 2 is 0.901 bits per heavy atom. The molecule has 2 aliphatic rings. The normalized spacial score (nSPS) is 15.6. The quantitative estimate of drug-likeness (QED) is 0.164. The molecule has 4 aromatic rings. The Labute approximate surface area is 438 Å². The molecular weight excluding hydrogens is 873 g/mol. The van der Waals surface area contributed by atoms with Crippen molar-refractivity contribution in [1.29, 1.82) is 0 Å². The van der Waals surface area contributed by atoms with E-state index in [1.807, 2.05) is 29.6 Å². The Bertz CT molecular complexity index is 1970. The van der Waals surface area contributed by atoms with Crippen LogP contribution in [0.4, 0.5) is 0 Å². The van der Waals surface area contributed by atoms with Crippen LogP contribution in [0.15, 0.2) is 62.1 Å². The van der Waals surface area contributed by atoms with Gasteiger partial charge in [0.15, 0.2) is 0 Å². The zero-order valence-electron chi connectivity index (χ0n) is 52.0. The van der Waals surface area contributed by atoms with Crippen LogP contribution >= 0.6 is 0 Å². The highest BCUT2D eigenvalue weighted by molar-refractivity contribution is 5.77. The highest BCUT2D eigenvalue weighted by atomic mass is 15.5. The van der Waals surface area contributed by atoms with Crippen LogP contribution in [-0.2, 0) is 43.8 Å². The Morgan fingerprint density at radius 3 is 1.17 bits per heavy atom. The number of hydrogen-bond donors (Lipinski definition) is 0. The molecule has 0 bridgehead atoms. The Hall–Kier alpha value is -3.95. The van der Waals surface area contributed by atoms with E-state index in [-0.39, 0.29) is 54.9 Å². The van der Waals surface area contributed by atoms with Crippen LogP contribution in [-0.4, -0.2) is 86.5 Å². The van der Waals surface area contributed by atoms with Gasteiger partial charge in [0.25, 0.3) is 0 Å². The summed E-state index contributed by atoms with van der Waals surface area (Å²) in [7, 11) is 0. The summed E-state index contributed by atoms with van der Waals surface area (Å²) in [6.07, 6.45) is 21.1. The monoisotopic (exact) mass is 985 g/mol. The number of rotatable bonds is 0. The van der Waals surface area contributed by atoms with Crippen LogP contribution in [0.1, 0.15) is 243 Å². The minimum absolute atomic E-state index is 0.0868. The molecule has 2 aliphatic heterocycles. The third kappa shape index (κ3) is 19.8. The van der Waals surface area contributed by atoms with Gasteiger partial charge in [0.1, 0.15) is 23.5 Å².